The van der Waals surface area contributed by atoms with Crippen molar-refractivity contribution in [2.24, 2.45) is 5.73 Å². The van der Waals surface area contributed by atoms with Crippen LogP contribution in [0, 0.1) is 5.82 Å². The zero-order valence-corrected chi connectivity index (χ0v) is 9.50. The number of carbonyl (C=O) groups is 1. The molecule has 0 radical (unpaired) electrons. The van der Waals surface area contributed by atoms with Crippen LogP contribution in [0.4, 0.5) is 10.1 Å². The average molecular weight is 273 g/mol. The number of hydrogen-bond acceptors (Lipinski definition) is 2. The van der Waals surface area contributed by atoms with Gasteiger partial charge in [0.2, 0.25) is 5.91 Å². The van der Waals surface area contributed by atoms with E-state index in [1.807, 2.05) is 0 Å². The zero-order valence-electron chi connectivity index (χ0n) is 7.91. The van der Waals surface area contributed by atoms with Gasteiger partial charge >= 0.3 is 0 Å². The van der Waals surface area contributed by atoms with Gasteiger partial charge in [0.1, 0.15) is 5.82 Å². The number of nitrogens with two attached hydrogens (primary N) is 1. The highest BCUT2D eigenvalue weighted by Crippen LogP contribution is 2.31. The fraction of sp³-hybridized carbons (Fsp3) is 0.300. The summed E-state index contributed by atoms with van der Waals surface area (Å²) in [6, 6.07) is 4.12. The average Bonchev–Trinajstić information content (AvgIpc) is 2.49. The first-order valence-corrected chi connectivity index (χ1v) is 5.41. The van der Waals surface area contributed by atoms with E-state index >= 15 is 0 Å². The Labute approximate surface area is 95.2 Å². The van der Waals surface area contributed by atoms with Gasteiger partial charge in [-0.15, -0.1) is 0 Å². The first-order valence-electron chi connectivity index (χ1n) is 4.62. The first-order chi connectivity index (χ1) is 7.11. The molecule has 0 bridgehead atoms. The van der Waals surface area contributed by atoms with E-state index in [1.54, 1.807) is 12.1 Å². The molecule has 1 fully saturated rings. The second-order valence-electron chi connectivity index (χ2n) is 3.46. The van der Waals surface area contributed by atoms with E-state index in [4.69, 9.17) is 5.73 Å². The van der Waals surface area contributed by atoms with Gasteiger partial charge in [0.15, 0.2) is 0 Å². The van der Waals surface area contributed by atoms with Crippen LogP contribution >= 0.6 is 15.9 Å². The third-order valence-electron chi connectivity index (χ3n) is 2.45. The molecule has 1 aromatic carbocycles. The predicted octanol–water partition coefficient (Wildman–Crippen LogP) is 1.65. The van der Waals surface area contributed by atoms with Crippen molar-refractivity contribution in [1.82, 2.24) is 0 Å². The molecule has 0 saturated carbocycles. The number of amides is 1. The smallest absolute Gasteiger partial charge is 0.244 e. The van der Waals surface area contributed by atoms with E-state index < -0.39 is 11.9 Å². The van der Waals surface area contributed by atoms with Crippen molar-refractivity contribution in [2.75, 3.05) is 11.4 Å². The van der Waals surface area contributed by atoms with Gasteiger partial charge in [-0.25, -0.2) is 4.39 Å². The summed E-state index contributed by atoms with van der Waals surface area (Å²) in [7, 11) is 0. The number of anilines is 1. The highest BCUT2D eigenvalue weighted by molar-refractivity contribution is 9.10. The number of rotatable bonds is 1. The molecular formula is C10H10BrFN2O. The fourth-order valence-electron chi connectivity index (χ4n) is 1.67. The topological polar surface area (TPSA) is 46.3 Å². The minimum absolute atomic E-state index is 0.221. The van der Waals surface area contributed by atoms with E-state index in [9.17, 15) is 9.18 Å². The molecule has 1 heterocycles. The Bertz CT molecular complexity index is 390. The van der Waals surface area contributed by atoms with Crippen LogP contribution in [0.2, 0.25) is 0 Å². The van der Waals surface area contributed by atoms with Crippen LogP contribution in [0.1, 0.15) is 6.42 Å². The normalized spacial score (nSPS) is 21.1. The molecule has 3 nitrogen and oxygen atoms in total. The lowest BCUT2D eigenvalue weighted by atomic mass is 10.2. The summed E-state index contributed by atoms with van der Waals surface area (Å²) in [5.74, 6) is -0.632. The van der Waals surface area contributed by atoms with Crippen LogP contribution in [-0.2, 0) is 4.79 Å². The fourth-order valence-corrected chi connectivity index (χ4v) is 2.23. The number of nitrogens with zero attached hydrogens (tertiary/aromatic N) is 1. The lowest BCUT2D eigenvalue weighted by Crippen LogP contribution is -2.34. The van der Waals surface area contributed by atoms with Gasteiger partial charge in [0.05, 0.1) is 11.7 Å². The summed E-state index contributed by atoms with van der Waals surface area (Å²) in [5.41, 5.74) is 5.86. The molecule has 1 aliphatic rings. The Morgan fingerprint density at radius 3 is 2.80 bits per heavy atom. The maximum absolute atomic E-state index is 13.5. The molecule has 15 heavy (non-hydrogen) atoms. The van der Waals surface area contributed by atoms with Crippen LogP contribution in [-0.4, -0.2) is 18.5 Å². The Hall–Kier alpha value is -0.940. The van der Waals surface area contributed by atoms with Gasteiger partial charge in [-0.05, 0) is 34.5 Å². The van der Waals surface area contributed by atoms with Gasteiger partial charge in [-0.1, -0.05) is 6.07 Å². The molecule has 80 valence electrons. The van der Waals surface area contributed by atoms with Gasteiger partial charge in [0.25, 0.3) is 0 Å². The minimum Gasteiger partial charge on any atom is -0.320 e. The molecule has 2 rings (SSSR count). The number of benzene rings is 1. The van der Waals surface area contributed by atoms with Gasteiger partial charge in [-0.3, -0.25) is 4.79 Å². The van der Waals surface area contributed by atoms with Crippen molar-refractivity contribution in [2.45, 2.75) is 12.5 Å². The Morgan fingerprint density at radius 1 is 1.53 bits per heavy atom. The maximum Gasteiger partial charge on any atom is 0.244 e. The maximum atomic E-state index is 13.5. The lowest BCUT2D eigenvalue weighted by Gasteiger charge is -2.18. The third kappa shape index (κ3) is 1.77. The van der Waals surface area contributed by atoms with Crippen molar-refractivity contribution < 1.29 is 9.18 Å². The molecule has 1 saturated heterocycles. The number of carbonyl (C=O) groups excluding carboxylic acids is 1. The first kappa shape index (κ1) is 10.6. The highest BCUT2D eigenvalue weighted by atomic mass is 79.9. The number of para-hydroxylation sites is 1. The van der Waals surface area contributed by atoms with Crippen LogP contribution < -0.4 is 10.6 Å². The Balaban J connectivity index is 2.42. The second kappa shape index (κ2) is 3.90. The van der Waals surface area contributed by atoms with Gasteiger partial charge < -0.3 is 10.6 Å². The molecule has 1 amide bonds. The second-order valence-corrected chi connectivity index (χ2v) is 4.31. The van der Waals surface area contributed by atoms with Crippen LogP contribution in [0.25, 0.3) is 0 Å². The predicted molar refractivity (Wildman–Crippen MR) is 59.0 cm³/mol. The standard InChI is InChI=1S/C10H10BrFN2O/c11-6-2-1-3-7(12)9(6)14-5-4-8(13)10(14)15/h1-3,8H,4-5,13H2. The van der Waals surface area contributed by atoms with Crippen molar-refractivity contribution in [3.8, 4) is 0 Å². The lowest BCUT2D eigenvalue weighted by molar-refractivity contribution is -0.118. The summed E-state index contributed by atoms with van der Waals surface area (Å²) in [5, 5.41) is 0. The Kier molecular flexibility index (Phi) is 2.75. The minimum atomic E-state index is -0.503. The third-order valence-corrected chi connectivity index (χ3v) is 3.09. The van der Waals surface area contributed by atoms with E-state index in [1.165, 1.54) is 11.0 Å². The van der Waals surface area contributed by atoms with Crippen molar-refractivity contribution >= 4 is 27.5 Å². The molecule has 1 aliphatic heterocycles. The molecule has 5 heteroatoms. The van der Waals surface area contributed by atoms with Crippen LogP contribution in [0.5, 0.6) is 0 Å². The van der Waals surface area contributed by atoms with Crippen molar-refractivity contribution in [3.63, 3.8) is 0 Å². The van der Waals surface area contributed by atoms with E-state index in [0.29, 0.717) is 17.4 Å². The zero-order chi connectivity index (χ0) is 11.0. The SMILES string of the molecule is NC1CCN(c2c(F)cccc2Br)C1=O. The monoisotopic (exact) mass is 272 g/mol. The molecule has 2 N–H and O–H groups in total. The molecule has 0 spiro atoms. The van der Waals surface area contributed by atoms with E-state index in [2.05, 4.69) is 15.9 Å². The summed E-state index contributed by atoms with van der Waals surface area (Å²) < 4.78 is 14.1. The summed E-state index contributed by atoms with van der Waals surface area (Å²) in [6.07, 6.45) is 0.569. The molecule has 1 atom stereocenters. The molecule has 1 unspecified atom stereocenters. The van der Waals surface area contributed by atoms with Crippen molar-refractivity contribution in [1.29, 1.82) is 0 Å². The number of hydrogen-bond donors (Lipinski definition) is 1. The molecule has 0 aliphatic carbocycles. The molecule has 1 aromatic rings. The van der Waals surface area contributed by atoms with Crippen LogP contribution in [0.15, 0.2) is 22.7 Å². The molecule has 0 aromatic heterocycles. The van der Waals surface area contributed by atoms with Gasteiger partial charge in [-0.2, -0.15) is 0 Å². The summed E-state index contributed by atoms with van der Waals surface area (Å²) in [4.78, 5) is 13.0. The van der Waals surface area contributed by atoms with Gasteiger partial charge in [0, 0.05) is 11.0 Å². The highest BCUT2D eigenvalue weighted by Gasteiger charge is 2.32. The molecular weight excluding hydrogens is 263 g/mol. The van der Waals surface area contributed by atoms with Crippen molar-refractivity contribution in [3.05, 3.63) is 28.5 Å². The Morgan fingerprint density at radius 2 is 2.27 bits per heavy atom. The van der Waals surface area contributed by atoms with E-state index in [0.717, 1.165) is 0 Å². The summed E-state index contributed by atoms with van der Waals surface area (Å²) in [6.45, 7) is 0.472. The quantitative estimate of drug-likeness (QED) is 0.845. The largest absolute Gasteiger partial charge is 0.320 e. The van der Waals surface area contributed by atoms with E-state index in [-0.39, 0.29) is 11.6 Å². The number of halogens is 2. The van der Waals surface area contributed by atoms with Crippen LogP contribution in [0.3, 0.4) is 0 Å². The summed E-state index contributed by atoms with van der Waals surface area (Å²) >= 11 is 3.23.